The van der Waals surface area contributed by atoms with Gasteiger partial charge in [0.25, 0.3) is 0 Å². The molecule has 3 rings (SSSR count). The van der Waals surface area contributed by atoms with Gasteiger partial charge in [0, 0.05) is 24.0 Å². The number of nitrogens with zero attached hydrogens (tertiary/aromatic N) is 2. The fourth-order valence-electron chi connectivity index (χ4n) is 3.51. The lowest BCUT2D eigenvalue weighted by atomic mass is 9.99. The van der Waals surface area contributed by atoms with Crippen molar-refractivity contribution in [2.24, 2.45) is 5.92 Å². The second kappa shape index (κ2) is 9.60. The Morgan fingerprint density at radius 3 is 2.45 bits per heavy atom. The number of carbonyl (C=O) groups excluding carboxylic acids is 1. The predicted molar refractivity (Wildman–Crippen MR) is 113 cm³/mol. The average Bonchev–Trinajstić information content (AvgIpc) is 2.72. The molecule has 2 heterocycles. The van der Waals surface area contributed by atoms with Crippen LogP contribution in [0.3, 0.4) is 0 Å². The summed E-state index contributed by atoms with van der Waals surface area (Å²) in [6.45, 7) is 5.01. The molecule has 29 heavy (non-hydrogen) atoms. The molecule has 1 aromatic carbocycles. The highest BCUT2D eigenvalue weighted by atomic mass is 16.5. The molecule has 2 aromatic rings. The highest BCUT2D eigenvalue weighted by molar-refractivity contribution is 5.90. The number of likely N-dealkylation sites (tertiary alicyclic amines) is 1. The molecule has 0 saturated carbocycles. The van der Waals surface area contributed by atoms with Crippen molar-refractivity contribution in [1.29, 1.82) is 0 Å². The molecule has 0 bridgehead atoms. The summed E-state index contributed by atoms with van der Waals surface area (Å²) in [4.78, 5) is 27.2. The lowest BCUT2D eigenvalue weighted by molar-refractivity contribution is -0.116. The molecule has 1 aromatic heterocycles. The van der Waals surface area contributed by atoms with E-state index in [2.05, 4.69) is 17.1 Å². The van der Waals surface area contributed by atoms with E-state index in [1.54, 1.807) is 48.2 Å². The number of anilines is 1. The first kappa shape index (κ1) is 20.9. The van der Waals surface area contributed by atoms with Crippen LogP contribution in [0, 0.1) is 5.92 Å². The van der Waals surface area contributed by atoms with Gasteiger partial charge in [0.15, 0.2) is 5.75 Å². The van der Waals surface area contributed by atoms with Crippen molar-refractivity contribution in [3.05, 3.63) is 52.4 Å². The van der Waals surface area contributed by atoms with Gasteiger partial charge in [-0.3, -0.25) is 14.5 Å². The number of carbonyl (C=O) groups is 1. The normalized spacial score (nSPS) is 15.1. The minimum atomic E-state index is -0.172. The van der Waals surface area contributed by atoms with Gasteiger partial charge in [-0.2, -0.15) is 0 Å². The maximum atomic E-state index is 12.6. The largest absolute Gasteiger partial charge is 0.497 e. The zero-order valence-corrected chi connectivity index (χ0v) is 17.3. The van der Waals surface area contributed by atoms with Crippen molar-refractivity contribution in [2.45, 2.75) is 32.9 Å². The Balaban J connectivity index is 1.74. The molecule has 0 radical (unpaired) electrons. The summed E-state index contributed by atoms with van der Waals surface area (Å²) in [5.74, 6) is 1.53. The van der Waals surface area contributed by atoms with Crippen LogP contribution < -0.4 is 20.2 Å². The van der Waals surface area contributed by atoms with Gasteiger partial charge in [0.1, 0.15) is 12.3 Å². The lowest BCUT2D eigenvalue weighted by Crippen LogP contribution is -2.34. The van der Waals surface area contributed by atoms with E-state index in [1.807, 2.05) is 0 Å². The van der Waals surface area contributed by atoms with Crippen LogP contribution >= 0.6 is 0 Å². The number of hydrogen-bond donors (Lipinski definition) is 1. The molecule has 7 nitrogen and oxygen atoms in total. The highest BCUT2D eigenvalue weighted by Crippen LogP contribution is 2.19. The maximum Gasteiger partial charge on any atom is 0.244 e. The monoisotopic (exact) mass is 399 g/mol. The summed E-state index contributed by atoms with van der Waals surface area (Å²) in [5.41, 5.74) is 1.34. The van der Waals surface area contributed by atoms with Crippen molar-refractivity contribution < 1.29 is 14.3 Å². The van der Waals surface area contributed by atoms with Gasteiger partial charge < -0.3 is 19.4 Å². The van der Waals surface area contributed by atoms with Crippen LogP contribution in [0.4, 0.5) is 5.69 Å². The molecule has 1 saturated heterocycles. The van der Waals surface area contributed by atoms with Gasteiger partial charge in [-0.05, 0) is 56.1 Å². The third-order valence-corrected chi connectivity index (χ3v) is 5.35. The van der Waals surface area contributed by atoms with Crippen LogP contribution in [-0.2, 0) is 17.9 Å². The predicted octanol–water partition coefficient (Wildman–Crippen LogP) is 2.74. The summed E-state index contributed by atoms with van der Waals surface area (Å²) in [6, 6.07) is 8.75. The number of amides is 1. The fraction of sp³-hybridized carbons (Fsp3) is 0.455. The van der Waals surface area contributed by atoms with E-state index in [0.29, 0.717) is 12.2 Å². The second-order valence-corrected chi connectivity index (χ2v) is 7.56. The summed E-state index contributed by atoms with van der Waals surface area (Å²) < 4.78 is 12.1. The number of methoxy groups -OCH3 is 2. The Kier molecular flexibility index (Phi) is 6.93. The number of aromatic nitrogens is 1. The zero-order chi connectivity index (χ0) is 20.8. The van der Waals surface area contributed by atoms with Gasteiger partial charge in [-0.1, -0.05) is 6.92 Å². The number of ether oxygens (including phenoxy) is 2. The van der Waals surface area contributed by atoms with Crippen molar-refractivity contribution >= 4 is 11.6 Å². The van der Waals surface area contributed by atoms with E-state index in [4.69, 9.17) is 9.47 Å². The number of piperidine rings is 1. The molecule has 7 heteroatoms. The first-order valence-corrected chi connectivity index (χ1v) is 9.92. The number of rotatable bonds is 7. The lowest BCUT2D eigenvalue weighted by Gasteiger charge is -2.31. The molecular weight excluding hydrogens is 370 g/mol. The second-order valence-electron chi connectivity index (χ2n) is 7.56. The van der Waals surface area contributed by atoms with E-state index >= 15 is 0 Å². The summed E-state index contributed by atoms with van der Waals surface area (Å²) in [5, 5.41) is 2.88. The van der Waals surface area contributed by atoms with Crippen LogP contribution in [-0.4, -0.2) is 42.7 Å². The molecule has 1 aliphatic rings. The number of nitrogens with one attached hydrogen (secondary N) is 1. The minimum absolute atomic E-state index is 0.0994. The Morgan fingerprint density at radius 2 is 1.83 bits per heavy atom. The molecule has 1 N–H and O–H groups in total. The average molecular weight is 399 g/mol. The van der Waals surface area contributed by atoms with Crippen LogP contribution in [0.2, 0.25) is 0 Å². The van der Waals surface area contributed by atoms with Crippen molar-refractivity contribution in [3.8, 4) is 11.5 Å². The fourth-order valence-corrected chi connectivity index (χ4v) is 3.51. The highest BCUT2D eigenvalue weighted by Gasteiger charge is 2.18. The molecule has 0 unspecified atom stereocenters. The van der Waals surface area contributed by atoms with Crippen LogP contribution in [0.25, 0.3) is 0 Å². The first-order chi connectivity index (χ1) is 14.0. The summed E-state index contributed by atoms with van der Waals surface area (Å²) in [7, 11) is 3.06. The van der Waals surface area contributed by atoms with E-state index in [1.165, 1.54) is 7.11 Å². The molecule has 1 amide bonds. The van der Waals surface area contributed by atoms with Crippen molar-refractivity contribution in [2.75, 3.05) is 32.6 Å². The molecule has 1 aliphatic heterocycles. The van der Waals surface area contributed by atoms with Crippen LogP contribution in [0.1, 0.15) is 25.5 Å². The SMILES string of the molecule is COc1ccc(NC(=O)Cn2cc(OC)c(=O)cc2CN2CCC(C)CC2)cc1. The van der Waals surface area contributed by atoms with Gasteiger partial charge in [0.05, 0.1) is 20.4 Å². The smallest absolute Gasteiger partial charge is 0.244 e. The Labute approximate surface area is 171 Å². The molecule has 156 valence electrons. The quantitative estimate of drug-likeness (QED) is 0.775. The number of hydrogen-bond acceptors (Lipinski definition) is 5. The van der Waals surface area contributed by atoms with E-state index in [-0.39, 0.29) is 23.6 Å². The third-order valence-electron chi connectivity index (χ3n) is 5.35. The van der Waals surface area contributed by atoms with Gasteiger partial charge in [0.2, 0.25) is 11.3 Å². The molecule has 0 atom stereocenters. The zero-order valence-electron chi connectivity index (χ0n) is 17.3. The standard InChI is InChI=1S/C22H29N3O4/c1-16-8-10-24(11-9-16)13-18-12-20(26)21(29-3)14-25(18)15-22(27)23-17-4-6-19(28-2)7-5-17/h4-7,12,14,16H,8-11,13,15H2,1-3H3,(H,23,27). The summed E-state index contributed by atoms with van der Waals surface area (Å²) >= 11 is 0. The first-order valence-electron chi connectivity index (χ1n) is 9.92. The van der Waals surface area contributed by atoms with Gasteiger partial charge in [-0.15, -0.1) is 0 Å². The van der Waals surface area contributed by atoms with Crippen molar-refractivity contribution in [1.82, 2.24) is 9.47 Å². The number of benzene rings is 1. The molecule has 1 fully saturated rings. The van der Waals surface area contributed by atoms with Crippen LogP contribution in [0.5, 0.6) is 11.5 Å². The van der Waals surface area contributed by atoms with E-state index in [0.717, 1.165) is 43.3 Å². The Morgan fingerprint density at radius 1 is 1.14 bits per heavy atom. The molecule has 0 aliphatic carbocycles. The Hall–Kier alpha value is -2.80. The van der Waals surface area contributed by atoms with Gasteiger partial charge >= 0.3 is 0 Å². The molecular formula is C22H29N3O4. The van der Waals surface area contributed by atoms with Crippen LogP contribution in [0.15, 0.2) is 41.3 Å². The topological polar surface area (TPSA) is 72.8 Å². The van der Waals surface area contributed by atoms with E-state index in [9.17, 15) is 9.59 Å². The van der Waals surface area contributed by atoms with Crippen molar-refractivity contribution in [3.63, 3.8) is 0 Å². The number of pyridine rings is 1. The third kappa shape index (κ3) is 5.60. The van der Waals surface area contributed by atoms with E-state index < -0.39 is 0 Å². The maximum absolute atomic E-state index is 12.6. The van der Waals surface area contributed by atoms with Gasteiger partial charge in [-0.25, -0.2) is 0 Å². The minimum Gasteiger partial charge on any atom is -0.497 e. The Bertz CT molecular complexity index is 884. The molecule has 0 spiro atoms. The summed E-state index contributed by atoms with van der Waals surface area (Å²) in [6.07, 6.45) is 3.93.